The maximum absolute atomic E-state index is 15.3. The van der Waals surface area contributed by atoms with Crippen LogP contribution in [0.5, 0.6) is 5.75 Å². The molecule has 2 aliphatic rings. The quantitative estimate of drug-likeness (QED) is 0.303. The summed E-state index contributed by atoms with van der Waals surface area (Å²) in [6.07, 6.45) is 6.52. The fourth-order valence-corrected chi connectivity index (χ4v) is 5.85. The van der Waals surface area contributed by atoms with Gasteiger partial charge in [-0.3, -0.25) is 20.6 Å². The molecule has 0 radical (unpaired) electrons. The number of hydrogen-bond acceptors (Lipinski definition) is 7. The van der Waals surface area contributed by atoms with Crippen LogP contribution in [0.25, 0.3) is 22.2 Å². The highest BCUT2D eigenvalue weighted by atomic mass is 35.5. The lowest BCUT2D eigenvalue weighted by atomic mass is 9.86. The summed E-state index contributed by atoms with van der Waals surface area (Å²) in [5, 5.41) is 11.8. The average molecular weight is 556 g/mol. The first-order chi connectivity index (χ1) is 18.3. The molecule has 196 valence electrons. The Morgan fingerprint density at radius 1 is 1.11 bits per heavy atom. The lowest BCUT2D eigenvalue weighted by molar-refractivity contribution is -0.119. The molecule has 0 bridgehead atoms. The number of ether oxygens (including phenoxy) is 1. The van der Waals surface area contributed by atoms with Crippen LogP contribution in [0, 0.1) is 5.82 Å². The molecule has 2 fully saturated rings. The standard InChI is InChI=1S/C26H24Cl2FN7O2/c27-17-12-31-13-18(28)22(17)24(30)38-15-1-2-20-16(10-15)23(35-34-20)14-9-19(29)25(32-11-14)36-7-5-26(6-8-36)4-3-21(37)33-26/h1-2,9-13,24H,3-8,30H2,(H,33,37)(H,34,35)/t24-/m0/s1. The lowest BCUT2D eigenvalue weighted by Crippen LogP contribution is -2.51. The molecule has 5 heterocycles. The van der Waals surface area contributed by atoms with Gasteiger partial charge in [0.15, 0.2) is 17.9 Å². The van der Waals surface area contributed by atoms with Gasteiger partial charge in [0.05, 0.1) is 15.6 Å². The van der Waals surface area contributed by atoms with Gasteiger partial charge in [-0.15, -0.1) is 0 Å². The zero-order valence-electron chi connectivity index (χ0n) is 20.2. The van der Waals surface area contributed by atoms with Gasteiger partial charge in [0, 0.05) is 60.2 Å². The average Bonchev–Trinajstić information content (AvgIpc) is 3.47. The number of anilines is 1. The number of carbonyl (C=O) groups excluding carboxylic acids is 1. The number of piperidine rings is 1. The van der Waals surface area contributed by atoms with Crippen molar-refractivity contribution in [2.24, 2.45) is 5.73 Å². The Kier molecular flexibility index (Phi) is 6.33. The zero-order valence-corrected chi connectivity index (χ0v) is 21.7. The number of benzene rings is 1. The number of nitrogens with one attached hydrogen (secondary N) is 2. The van der Waals surface area contributed by atoms with Gasteiger partial charge in [0.2, 0.25) is 5.91 Å². The Bertz CT molecular complexity index is 1520. The van der Waals surface area contributed by atoms with E-state index in [1.807, 2.05) is 4.90 Å². The second-order valence-corrected chi connectivity index (χ2v) is 10.5. The minimum Gasteiger partial charge on any atom is -0.471 e. The Balaban J connectivity index is 1.23. The van der Waals surface area contributed by atoms with E-state index in [9.17, 15) is 4.79 Å². The first-order valence-corrected chi connectivity index (χ1v) is 13.0. The number of nitrogens with two attached hydrogens (primary N) is 1. The number of halogens is 3. The van der Waals surface area contributed by atoms with Crippen LogP contribution in [0.3, 0.4) is 0 Å². The summed E-state index contributed by atoms with van der Waals surface area (Å²) in [5.74, 6) is 0.428. The molecule has 4 aromatic rings. The molecule has 2 aliphatic heterocycles. The van der Waals surface area contributed by atoms with Gasteiger partial charge in [-0.25, -0.2) is 9.37 Å². The first-order valence-electron chi connectivity index (χ1n) is 12.2. The molecule has 38 heavy (non-hydrogen) atoms. The van der Waals surface area contributed by atoms with Gasteiger partial charge in [-0.05, 0) is 43.5 Å². The van der Waals surface area contributed by atoms with E-state index in [0.29, 0.717) is 63.3 Å². The Labute approximate surface area is 227 Å². The zero-order chi connectivity index (χ0) is 26.4. The SMILES string of the molecule is N[C@@H](Oc1ccc2[nH]nc(-c3cnc(N4CCC5(CCC(=O)N5)CC4)c(F)c3)c2c1)c1c(Cl)cncc1Cl. The molecule has 1 aromatic carbocycles. The number of aromatic nitrogens is 4. The van der Waals surface area contributed by atoms with E-state index in [2.05, 4.69) is 25.5 Å². The third kappa shape index (κ3) is 4.53. The van der Waals surface area contributed by atoms with E-state index in [-0.39, 0.29) is 11.4 Å². The van der Waals surface area contributed by atoms with Crippen LogP contribution >= 0.6 is 23.2 Å². The molecule has 12 heteroatoms. The minimum atomic E-state index is -0.926. The second-order valence-electron chi connectivity index (χ2n) is 9.68. The van der Waals surface area contributed by atoms with Crippen LogP contribution in [0.4, 0.5) is 10.2 Å². The van der Waals surface area contributed by atoms with E-state index in [1.54, 1.807) is 24.4 Å². The maximum atomic E-state index is 15.3. The number of aromatic amines is 1. The van der Waals surface area contributed by atoms with Crippen molar-refractivity contribution < 1.29 is 13.9 Å². The van der Waals surface area contributed by atoms with Crippen LogP contribution in [-0.4, -0.2) is 44.7 Å². The van der Waals surface area contributed by atoms with Gasteiger partial charge >= 0.3 is 0 Å². The number of H-pyrrole nitrogens is 1. The summed E-state index contributed by atoms with van der Waals surface area (Å²) >= 11 is 12.4. The molecule has 0 saturated carbocycles. The topological polar surface area (TPSA) is 122 Å². The second kappa shape index (κ2) is 9.68. The van der Waals surface area contributed by atoms with E-state index in [0.717, 1.165) is 24.8 Å². The van der Waals surface area contributed by atoms with Crippen LogP contribution in [-0.2, 0) is 4.79 Å². The van der Waals surface area contributed by atoms with E-state index in [1.165, 1.54) is 18.5 Å². The van der Waals surface area contributed by atoms with Crippen LogP contribution in [0.15, 0.2) is 42.9 Å². The van der Waals surface area contributed by atoms with Crippen molar-refractivity contribution in [2.75, 3.05) is 18.0 Å². The third-order valence-electron chi connectivity index (χ3n) is 7.32. The normalized spacial score (nSPS) is 17.7. The Hall–Kier alpha value is -3.47. The number of amides is 1. The first kappa shape index (κ1) is 24.8. The number of rotatable bonds is 5. The molecule has 1 amide bonds. The van der Waals surface area contributed by atoms with E-state index >= 15 is 4.39 Å². The largest absolute Gasteiger partial charge is 0.471 e. The summed E-state index contributed by atoms with van der Waals surface area (Å²) in [7, 11) is 0. The molecular weight excluding hydrogens is 532 g/mol. The molecular formula is C26H24Cl2FN7O2. The maximum Gasteiger partial charge on any atom is 0.220 e. The third-order valence-corrected chi connectivity index (χ3v) is 7.93. The summed E-state index contributed by atoms with van der Waals surface area (Å²) < 4.78 is 21.2. The smallest absolute Gasteiger partial charge is 0.220 e. The number of pyridine rings is 2. The van der Waals surface area contributed by atoms with Crippen LogP contribution < -0.4 is 20.7 Å². The highest BCUT2D eigenvalue weighted by molar-refractivity contribution is 6.35. The molecule has 0 unspecified atom stereocenters. The number of fused-ring (bicyclic) bond motifs is 1. The molecule has 4 N–H and O–H groups in total. The monoisotopic (exact) mass is 555 g/mol. The van der Waals surface area contributed by atoms with Crippen molar-refractivity contribution in [3.63, 3.8) is 0 Å². The van der Waals surface area contributed by atoms with Crippen molar-refractivity contribution in [1.29, 1.82) is 0 Å². The minimum absolute atomic E-state index is 0.0961. The molecule has 6 rings (SSSR count). The predicted octanol–water partition coefficient (Wildman–Crippen LogP) is 4.75. The number of hydrogen-bond donors (Lipinski definition) is 3. The van der Waals surface area contributed by atoms with Crippen molar-refractivity contribution in [3.8, 4) is 17.0 Å². The number of carbonyl (C=O) groups is 1. The van der Waals surface area contributed by atoms with Crippen LogP contribution in [0.1, 0.15) is 37.5 Å². The lowest BCUT2D eigenvalue weighted by Gasteiger charge is -2.39. The Morgan fingerprint density at radius 2 is 1.87 bits per heavy atom. The predicted molar refractivity (Wildman–Crippen MR) is 143 cm³/mol. The summed E-state index contributed by atoms with van der Waals surface area (Å²) in [5.41, 5.74) is 8.29. The van der Waals surface area contributed by atoms with Gasteiger partial charge in [0.1, 0.15) is 11.4 Å². The molecule has 0 aliphatic carbocycles. The number of nitrogens with zero attached hydrogens (tertiary/aromatic N) is 4. The van der Waals surface area contributed by atoms with Gasteiger partial charge in [-0.1, -0.05) is 23.2 Å². The van der Waals surface area contributed by atoms with Gasteiger partial charge in [-0.2, -0.15) is 5.10 Å². The Morgan fingerprint density at radius 3 is 2.55 bits per heavy atom. The summed E-state index contributed by atoms with van der Waals surface area (Å²) in [4.78, 5) is 22.0. The molecule has 1 spiro atoms. The molecule has 1 atom stereocenters. The highest BCUT2D eigenvalue weighted by Gasteiger charge is 2.40. The fraction of sp³-hybridized carbons (Fsp3) is 0.308. The molecule has 9 nitrogen and oxygen atoms in total. The van der Waals surface area contributed by atoms with Gasteiger partial charge < -0.3 is 15.0 Å². The van der Waals surface area contributed by atoms with Crippen LogP contribution in [0.2, 0.25) is 10.0 Å². The molecule has 2 saturated heterocycles. The van der Waals surface area contributed by atoms with Crippen molar-refractivity contribution in [3.05, 3.63) is 64.3 Å². The summed E-state index contributed by atoms with van der Waals surface area (Å²) in [6, 6.07) is 6.75. The van der Waals surface area contributed by atoms with Crippen molar-refractivity contribution >= 4 is 45.8 Å². The van der Waals surface area contributed by atoms with E-state index < -0.39 is 12.0 Å². The summed E-state index contributed by atoms with van der Waals surface area (Å²) in [6.45, 7) is 1.25. The van der Waals surface area contributed by atoms with Crippen molar-refractivity contribution in [1.82, 2.24) is 25.5 Å². The van der Waals surface area contributed by atoms with Crippen molar-refractivity contribution in [2.45, 2.75) is 37.5 Å². The highest BCUT2D eigenvalue weighted by Crippen LogP contribution is 2.36. The molecule has 3 aromatic heterocycles. The van der Waals surface area contributed by atoms with E-state index in [4.69, 9.17) is 33.7 Å². The van der Waals surface area contributed by atoms with Gasteiger partial charge in [0.25, 0.3) is 0 Å². The fourth-order valence-electron chi connectivity index (χ4n) is 5.27.